The van der Waals surface area contributed by atoms with E-state index in [0.29, 0.717) is 32.4 Å². The molecule has 0 radical (unpaired) electrons. The molecule has 1 heterocycles. The molecule has 2 atom stereocenters. The average Bonchev–Trinajstić information content (AvgIpc) is 2.75. The molecule has 0 spiro atoms. The van der Waals surface area contributed by atoms with Gasteiger partial charge in [0, 0.05) is 25.6 Å². The van der Waals surface area contributed by atoms with Crippen LogP contribution in [0.4, 0.5) is 0 Å². The Morgan fingerprint density at radius 2 is 1.86 bits per heavy atom. The molecule has 0 aromatic carbocycles. The van der Waals surface area contributed by atoms with E-state index in [-0.39, 0.29) is 18.4 Å². The summed E-state index contributed by atoms with van der Waals surface area (Å²) in [6.45, 7) is 4.60. The van der Waals surface area contributed by atoms with Gasteiger partial charge >= 0.3 is 5.97 Å². The summed E-state index contributed by atoms with van der Waals surface area (Å²) in [7, 11) is 3.85. The van der Waals surface area contributed by atoms with E-state index < -0.39 is 17.5 Å². The molecule has 1 aliphatic rings. The van der Waals surface area contributed by atoms with Crippen molar-refractivity contribution in [1.29, 1.82) is 0 Å². The Morgan fingerprint density at radius 1 is 1.29 bits per heavy atom. The molecule has 2 N–H and O–H groups in total. The summed E-state index contributed by atoms with van der Waals surface area (Å²) in [4.78, 5) is 27.7. The molecule has 2 unspecified atom stereocenters. The number of rotatable bonds is 7. The minimum absolute atomic E-state index is 0.00593. The summed E-state index contributed by atoms with van der Waals surface area (Å²) in [6.07, 6.45) is 0.911. The molecule has 21 heavy (non-hydrogen) atoms. The minimum atomic E-state index is -0.993. The van der Waals surface area contributed by atoms with Gasteiger partial charge in [-0.25, -0.2) is 0 Å². The average molecular weight is 300 g/mol. The lowest BCUT2D eigenvalue weighted by Gasteiger charge is -2.32. The van der Waals surface area contributed by atoms with Gasteiger partial charge in [0.15, 0.2) is 0 Å². The van der Waals surface area contributed by atoms with Crippen LogP contribution in [0.1, 0.15) is 39.5 Å². The fourth-order valence-electron chi connectivity index (χ4n) is 3.06. The van der Waals surface area contributed by atoms with Crippen LogP contribution in [-0.2, 0) is 9.59 Å². The zero-order chi connectivity index (χ0) is 16.2. The number of amides is 1. The van der Waals surface area contributed by atoms with Gasteiger partial charge in [-0.3, -0.25) is 9.59 Å². The highest BCUT2D eigenvalue weighted by molar-refractivity contribution is 5.85. The Balaban J connectivity index is 2.83. The van der Waals surface area contributed by atoms with Crippen molar-refractivity contribution in [3.63, 3.8) is 0 Å². The lowest BCUT2D eigenvalue weighted by Crippen LogP contribution is -2.44. The van der Waals surface area contributed by atoms with Crippen LogP contribution in [0.3, 0.4) is 0 Å². The number of carboxylic acid groups (broad SMARTS) is 1. The van der Waals surface area contributed by atoms with E-state index in [1.165, 1.54) is 0 Å². The van der Waals surface area contributed by atoms with Crippen LogP contribution in [0.5, 0.6) is 0 Å². The van der Waals surface area contributed by atoms with Gasteiger partial charge < -0.3 is 20.0 Å². The van der Waals surface area contributed by atoms with Gasteiger partial charge in [0.25, 0.3) is 0 Å². The van der Waals surface area contributed by atoms with Gasteiger partial charge in [0.1, 0.15) is 0 Å². The standard InChI is InChI=1S/C15H28N2O4/c1-5-15(6-2,14(20)21)8-13(19)17-10-12(18)7-11(17)9-16(3)4/h11-12,18H,5-10H2,1-4H3,(H,20,21). The van der Waals surface area contributed by atoms with Gasteiger partial charge in [-0.1, -0.05) is 13.8 Å². The lowest BCUT2D eigenvalue weighted by molar-refractivity contribution is -0.154. The first-order valence-electron chi connectivity index (χ1n) is 7.61. The summed E-state index contributed by atoms with van der Waals surface area (Å²) in [5.74, 6) is -1.07. The molecule has 0 aliphatic carbocycles. The van der Waals surface area contributed by atoms with Crippen LogP contribution in [0.15, 0.2) is 0 Å². The number of aliphatic hydroxyl groups excluding tert-OH is 1. The van der Waals surface area contributed by atoms with Crippen LogP contribution in [0.2, 0.25) is 0 Å². The predicted octanol–water partition coefficient (Wildman–Crippen LogP) is 0.791. The third kappa shape index (κ3) is 4.17. The second-order valence-corrected chi connectivity index (χ2v) is 6.32. The SMILES string of the molecule is CCC(CC)(CC(=O)N1CC(O)CC1CN(C)C)C(=O)O. The largest absolute Gasteiger partial charge is 0.481 e. The number of likely N-dealkylation sites (N-methyl/N-ethyl adjacent to an activating group) is 1. The molecule has 6 nitrogen and oxygen atoms in total. The van der Waals surface area contributed by atoms with E-state index in [9.17, 15) is 19.8 Å². The van der Waals surface area contributed by atoms with Gasteiger partial charge in [0.2, 0.25) is 5.91 Å². The normalized spacial score (nSPS) is 22.9. The van der Waals surface area contributed by atoms with Crippen LogP contribution < -0.4 is 0 Å². The van der Waals surface area contributed by atoms with Crippen molar-refractivity contribution in [3.05, 3.63) is 0 Å². The fraction of sp³-hybridized carbons (Fsp3) is 0.867. The number of nitrogens with zero attached hydrogens (tertiary/aromatic N) is 2. The number of likely N-dealkylation sites (tertiary alicyclic amines) is 1. The Kier molecular flexibility index (Phi) is 6.16. The number of carbonyl (C=O) groups is 2. The van der Waals surface area contributed by atoms with E-state index in [1.54, 1.807) is 18.7 Å². The van der Waals surface area contributed by atoms with Crippen molar-refractivity contribution < 1.29 is 19.8 Å². The maximum Gasteiger partial charge on any atom is 0.310 e. The first-order chi connectivity index (χ1) is 9.75. The number of aliphatic carboxylic acids is 1. The predicted molar refractivity (Wildman–Crippen MR) is 79.9 cm³/mol. The van der Waals surface area contributed by atoms with E-state index in [2.05, 4.69) is 0 Å². The molecule has 1 amide bonds. The molecular weight excluding hydrogens is 272 g/mol. The quantitative estimate of drug-likeness (QED) is 0.726. The third-order valence-electron chi connectivity index (χ3n) is 4.59. The maximum atomic E-state index is 12.6. The number of hydrogen-bond acceptors (Lipinski definition) is 4. The number of aliphatic hydroxyl groups is 1. The molecule has 1 rings (SSSR count). The van der Waals surface area contributed by atoms with Crippen LogP contribution in [0.25, 0.3) is 0 Å². The summed E-state index contributed by atoms with van der Waals surface area (Å²) >= 11 is 0. The topological polar surface area (TPSA) is 81.1 Å². The third-order valence-corrected chi connectivity index (χ3v) is 4.59. The highest BCUT2D eigenvalue weighted by atomic mass is 16.4. The fourth-order valence-corrected chi connectivity index (χ4v) is 3.06. The number of hydrogen-bond donors (Lipinski definition) is 2. The number of β-amino-alcohol motifs (C(OH)–C–C–N with tert-alkyl or cyclic N) is 1. The van der Waals surface area contributed by atoms with Gasteiger partial charge in [-0.2, -0.15) is 0 Å². The van der Waals surface area contributed by atoms with Crippen molar-refractivity contribution in [3.8, 4) is 0 Å². The number of carbonyl (C=O) groups excluding carboxylic acids is 1. The van der Waals surface area contributed by atoms with Gasteiger partial charge in [-0.05, 0) is 33.4 Å². The van der Waals surface area contributed by atoms with Crippen LogP contribution >= 0.6 is 0 Å². The summed E-state index contributed by atoms with van der Waals surface area (Å²) in [5.41, 5.74) is -0.993. The Bertz CT molecular complexity index is 380. The Hall–Kier alpha value is -1.14. The molecule has 122 valence electrons. The van der Waals surface area contributed by atoms with Crippen molar-refractivity contribution in [2.45, 2.75) is 51.7 Å². The molecule has 0 saturated carbocycles. The van der Waals surface area contributed by atoms with Gasteiger partial charge in [-0.15, -0.1) is 0 Å². The summed E-state index contributed by atoms with van der Waals surface area (Å²) < 4.78 is 0. The summed E-state index contributed by atoms with van der Waals surface area (Å²) in [6, 6.07) is -0.0392. The van der Waals surface area contributed by atoms with E-state index >= 15 is 0 Å². The summed E-state index contributed by atoms with van der Waals surface area (Å²) in [5, 5.41) is 19.3. The molecule has 1 aliphatic heterocycles. The van der Waals surface area contributed by atoms with Crippen molar-refractivity contribution in [2.24, 2.45) is 5.41 Å². The Labute approximate surface area is 126 Å². The molecule has 0 bridgehead atoms. The molecular formula is C15H28N2O4. The number of carboxylic acids is 1. The highest BCUT2D eigenvalue weighted by Crippen LogP contribution is 2.33. The lowest BCUT2D eigenvalue weighted by atomic mass is 9.79. The smallest absolute Gasteiger partial charge is 0.310 e. The second-order valence-electron chi connectivity index (χ2n) is 6.32. The molecule has 0 aromatic heterocycles. The zero-order valence-electron chi connectivity index (χ0n) is 13.5. The molecule has 6 heteroatoms. The first kappa shape index (κ1) is 17.9. The molecule has 1 saturated heterocycles. The monoisotopic (exact) mass is 300 g/mol. The zero-order valence-corrected chi connectivity index (χ0v) is 13.5. The van der Waals surface area contributed by atoms with Crippen molar-refractivity contribution in [1.82, 2.24) is 9.80 Å². The van der Waals surface area contributed by atoms with Crippen LogP contribution in [-0.4, -0.2) is 71.2 Å². The Morgan fingerprint density at radius 3 is 2.29 bits per heavy atom. The molecule has 0 aromatic rings. The maximum absolute atomic E-state index is 12.6. The molecule has 1 fully saturated rings. The van der Waals surface area contributed by atoms with Crippen LogP contribution in [0, 0.1) is 5.41 Å². The van der Waals surface area contributed by atoms with Gasteiger partial charge in [0.05, 0.1) is 11.5 Å². The van der Waals surface area contributed by atoms with E-state index in [1.807, 2.05) is 19.0 Å². The van der Waals surface area contributed by atoms with E-state index in [4.69, 9.17) is 0 Å². The van der Waals surface area contributed by atoms with Crippen molar-refractivity contribution in [2.75, 3.05) is 27.2 Å². The van der Waals surface area contributed by atoms with Crippen molar-refractivity contribution >= 4 is 11.9 Å². The highest BCUT2D eigenvalue weighted by Gasteiger charge is 2.41. The van der Waals surface area contributed by atoms with E-state index in [0.717, 1.165) is 0 Å². The second kappa shape index (κ2) is 7.22. The minimum Gasteiger partial charge on any atom is -0.481 e. The first-order valence-corrected chi connectivity index (χ1v) is 7.61.